The van der Waals surface area contributed by atoms with E-state index in [0.29, 0.717) is 31.7 Å². The van der Waals surface area contributed by atoms with Crippen molar-refractivity contribution in [1.82, 2.24) is 9.21 Å². The van der Waals surface area contributed by atoms with Crippen molar-refractivity contribution < 1.29 is 13.2 Å². The Hall–Kier alpha value is -2.22. The van der Waals surface area contributed by atoms with Crippen LogP contribution in [0, 0.1) is 13.8 Å². The number of carbonyl (C=O) groups excluding carboxylic acids is 1. The van der Waals surface area contributed by atoms with Gasteiger partial charge in [-0.2, -0.15) is 4.31 Å². The van der Waals surface area contributed by atoms with Gasteiger partial charge in [0.2, 0.25) is 10.0 Å². The van der Waals surface area contributed by atoms with E-state index in [4.69, 9.17) is 0 Å². The van der Waals surface area contributed by atoms with Crippen molar-refractivity contribution in [3.63, 3.8) is 0 Å². The molecule has 2 aromatic carbocycles. The van der Waals surface area contributed by atoms with Gasteiger partial charge in [-0.15, -0.1) is 0 Å². The number of rotatable bonds is 5. The molecule has 0 saturated carbocycles. The highest BCUT2D eigenvalue weighted by molar-refractivity contribution is 7.88. The fourth-order valence-electron chi connectivity index (χ4n) is 3.44. The molecule has 3 rings (SSSR count). The molecule has 2 aromatic rings. The molecule has 0 spiro atoms. The minimum atomic E-state index is -3.11. The second-order valence-electron chi connectivity index (χ2n) is 7.36. The summed E-state index contributed by atoms with van der Waals surface area (Å²) in [7, 11) is -3.11. The molecular formula is C21H27N3O3S. The SMILES string of the molecule is Cc1cccc(C)c1NC(=O)c1ccc(CN2CCN(S(C)(=O)=O)CC2)cc1. The number of aryl methyl sites for hydroxylation is 2. The summed E-state index contributed by atoms with van der Waals surface area (Å²) in [5.74, 6) is -0.120. The van der Waals surface area contributed by atoms with Crippen molar-refractivity contribution >= 4 is 21.6 Å². The molecular weight excluding hydrogens is 374 g/mol. The van der Waals surface area contributed by atoms with Crippen molar-refractivity contribution in [3.8, 4) is 0 Å². The van der Waals surface area contributed by atoms with Crippen LogP contribution in [0.4, 0.5) is 5.69 Å². The number of sulfonamides is 1. The fraction of sp³-hybridized carbons (Fsp3) is 0.381. The Kier molecular flexibility index (Phi) is 6.17. The van der Waals surface area contributed by atoms with E-state index in [1.165, 1.54) is 10.6 Å². The van der Waals surface area contributed by atoms with Gasteiger partial charge in [-0.3, -0.25) is 9.69 Å². The van der Waals surface area contributed by atoms with Gasteiger partial charge < -0.3 is 5.32 Å². The van der Waals surface area contributed by atoms with Gasteiger partial charge in [-0.05, 0) is 42.7 Å². The zero-order valence-corrected chi connectivity index (χ0v) is 17.4. The van der Waals surface area contributed by atoms with E-state index in [-0.39, 0.29) is 5.91 Å². The van der Waals surface area contributed by atoms with Crippen LogP contribution in [0.5, 0.6) is 0 Å². The van der Waals surface area contributed by atoms with E-state index in [1.54, 1.807) is 0 Å². The topological polar surface area (TPSA) is 69.7 Å². The van der Waals surface area contributed by atoms with Crippen LogP contribution in [0.3, 0.4) is 0 Å². The van der Waals surface area contributed by atoms with Gasteiger partial charge in [0.15, 0.2) is 0 Å². The summed E-state index contributed by atoms with van der Waals surface area (Å²) in [5, 5.41) is 3.00. The molecule has 1 saturated heterocycles. The minimum Gasteiger partial charge on any atom is -0.322 e. The number of carbonyl (C=O) groups is 1. The second kappa shape index (κ2) is 8.43. The van der Waals surface area contributed by atoms with Crippen molar-refractivity contribution in [1.29, 1.82) is 0 Å². The zero-order valence-electron chi connectivity index (χ0n) is 16.6. The minimum absolute atomic E-state index is 0.120. The number of piperazine rings is 1. The highest BCUT2D eigenvalue weighted by Crippen LogP contribution is 2.20. The summed E-state index contributed by atoms with van der Waals surface area (Å²) in [6, 6.07) is 13.5. The molecule has 1 heterocycles. The molecule has 0 bridgehead atoms. The van der Waals surface area contributed by atoms with Crippen LogP contribution in [0.15, 0.2) is 42.5 Å². The normalized spacial score (nSPS) is 16.1. The summed E-state index contributed by atoms with van der Waals surface area (Å²) in [6.07, 6.45) is 1.25. The van der Waals surface area contributed by atoms with E-state index < -0.39 is 10.0 Å². The molecule has 0 unspecified atom stereocenters. The molecule has 150 valence electrons. The second-order valence-corrected chi connectivity index (χ2v) is 9.34. The molecule has 1 amide bonds. The van der Waals surface area contributed by atoms with Gasteiger partial charge in [-0.25, -0.2) is 8.42 Å². The van der Waals surface area contributed by atoms with Gasteiger partial charge in [0, 0.05) is 44.0 Å². The average molecular weight is 402 g/mol. The summed E-state index contributed by atoms with van der Waals surface area (Å²) in [4.78, 5) is 14.8. The third kappa shape index (κ3) is 4.98. The largest absolute Gasteiger partial charge is 0.322 e. The maximum atomic E-state index is 12.6. The molecule has 1 fully saturated rings. The highest BCUT2D eigenvalue weighted by Gasteiger charge is 2.23. The monoisotopic (exact) mass is 401 g/mol. The molecule has 28 heavy (non-hydrogen) atoms. The number of hydrogen-bond acceptors (Lipinski definition) is 4. The van der Waals surface area contributed by atoms with Crippen molar-refractivity contribution in [3.05, 3.63) is 64.7 Å². The Morgan fingerprint density at radius 2 is 1.54 bits per heavy atom. The molecule has 0 aliphatic carbocycles. The number of hydrogen-bond donors (Lipinski definition) is 1. The molecule has 7 heteroatoms. The highest BCUT2D eigenvalue weighted by atomic mass is 32.2. The molecule has 0 atom stereocenters. The van der Waals surface area contributed by atoms with Gasteiger partial charge in [0.1, 0.15) is 0 Å². The molecule has 1 aliphatic heterocycles. The molecule has 1 N–H and O–H groups in total. The summed E-state index contributed by atoms with van der Waals surface area (Å²) in [5.41, 5.74) is 4.67. The Bertz CT molecular complexity index is 927. The van der Waals surface area contributed by atoms with Crippen LogP contribution in [-0.4, -0.2) is 56.0 Å². The lowest BCUT2D eigenvalue weighted by molar-refractivity contribution is 0.102. The number of benzene rings is 2. The van der Waals surface area contributed by atoms with Crippen LogP contribution in [0.25, 0.3) is 0 Å². The predicted molar refractivity (Wildman–Crippen MR) is 112 cm³/mol. The van der Waals surface area contributed by atoms with Crippen LogP contribution in [0.1, 0.15) is 27.0 Å². The van der Waals surface area contributed by atoms with E-state index in [9.17, 15) is 13.2 Å². The third-order valence-corrected chi connectivity index (χ3v) is 6.45. The fourth-order valence-corrected chi connectivity index (χ4v) is 4.26. The Morgan fingerprint density at radius 3 is 2.07 bits per heavy atom. The molecule has 0 radical (unpaired) electrons. The standard InChI is InChI=1S/C21H27N3O3S/c1-16-5-4-6-17(2)20(16)22-21(25)19-9-7-18(8-10-19)15-23-11-13-24(14-12-23)28(3,26)27/h4-10H,11-15H2,1-3H3,(H,22,25). The van der Waals surface area contributed by atoms with Gasteiger partial charge in [0.25, 0.3) is 5.91 Å². The van der Waals surface area contributed by atoms with Gasteiger partial charge >= 0.3 is 0 Å². The van der Waals surface area contributed by atoms with Crippen molar-refractivity contribution in [2.24, 2.45) is 0 Å². The zero-order chi connectivity index (χ0) is 20.3. The molecule has 6 nitrogen and oxygen atoms in total. The first kappa shape index (κ1) is 20.5. The smallest absolute Gasteiger partial charge is 0.255 e. The maximum Gasteiger partial charge on any atom is 0.255 e. The molecule has 0 aromatic heterocycles. The Morgan fingerprint density at radius 1 is 0.964 bits per heavy atom. The maximum absolute atomic E-state index is 12.6. The number of para-hydroxylation sites is 1. The van der Waals surface area contributed by atoms with Crippen LogP contribution in [-0.2, 0) is 16.6 Å². The first-order valence-electron chi connectivity index (χ1n) is 9.38. The summed E-state index contributed by atoms with van der Waals surface area (Å²) < 4.78 is 24.7. The van der Waals surface area contributed by atoms with E-state index in [0.717, 1.165) is 28.9 Å². The van der Waals surface area contributed by atoms with Gasteiger partial charge in [-0.1, -0.05) is 30.3 Å². The lowest BCUT2D eigenvalue weighted by Gasteiger charge is -2.33. The average Bonchev–Trinajstić information content (AvgIpc) is 2.65. The van der Waals surface area contributed by atoms with Gasteiger partial charge in [0.05, 0.1) is 6.26 Å². The van der Waals surface area contributed by atoms with Crippen LogP contribution >= 0.6 is 0 Å². The number of nitrogens with one attached hydrogen (secondary N) is 1. The van der Waals surface area contributed by atoms with Crippen LogP contribution < -0.4 is 5.32 Å². The first-order valence-corrected chi connectivity index (χ1v) is 11.2. The Labute approximate surface area is 167 Å². The summed E-state index contributed by atoms with van der Waals surface area (Å²) in [6.45, 7) is 7.18. The van der Waals surface area contributed by atoms with Crippen molar-refractivity contribution in [2.75, 3.05) is 37.8 Å². The van der Waals surface area contributed by atoms with Crippen molar-refractivity contribution in [2.45, 2.75) is 20.4 Å². The van der Waals surface area contributed by atoms with E-state index >= 15 is 0 Å². The first-order chi connectivity index (χ1) is 13.2. The quantitative estimate of drug-likeness (QED) is 0.836. The number of anilines is 1. The van der Waals surface area contributed by atoms with Crippen LogP contribution in [0.2, 0.25) is 0 Å². The summed E-state index contributed by atoms with van der Waals surface area (Å²) >= 11 is 0. The number of amides is 1. The molecule has 1 aliphatic rings. The lowest BCUT2D eigenvalue weighted by atomic mass is 10.1. The van der Waals surface area contributed by atoms with E-state index in [1.807, 2.05) is 56.3 Å². The third-order valence-electron chi connectivity index (χ3n) is 5.14. The van der Waals surface area contributed by atoms with E-state index in [2.05, 4.69) is 10.2 Å². The predicted octanol–water partition coefficient (Wildman–Crippen LogP) is 2.63. The Balaban J connectivity index is 1.59. The number of nitrogens with zero attached hydrogens (tertiary/aromatic N) is 2. The lowest BCUT2D eigenvalue weighted by Crippen LogP contribution is -2.47.